The molecule has 1 aromatic carbocycles. The van der Waals surface area contributed by atoms with E-state index in [1.807, 2.05) is 54.6 Å². The Bertz CT molecular complexity index is 1180. The lowest BCUT2D eigenvalue weighted by Crippen LogP contribution is -2.43. The second-order valence-corrected chi connectivity index (χ2v) is 9.11. The number of H-pyrrole nitrogens is 1. The first kappa shape index (κ1) is 24.3. The van der Waals surface area contributed by atoms with Crippen LogP contribution in [-0.2, 0) is 39.2 Å². The van der Waals surface area contributed by atoms with Gasteiger partial charge in [-0.15, -0.1) is 0 Å². The first-order valence-corrected chi connectivity index (χ1v) is 12.0. The molecule has 4 rings (SSSR count). The molecule has 1 aliphatic heterocycles. The zero-order valence-corrected chi connectivity index (χ0v) is 20.2. The number of hydrogen-bond donors (Lipinski definition) is 1. The minimum Gasteiger partial charge on any atom is -0.340 e. The van der Waals surface area contributed by atoms with E-state index in [1.54, 1.807) is 18.1 Å². The maximum atomic E-state index is 13.7. The van der Waals surface area contributed by atoms with E-state index < -0.39 is 5.41 Å². The minimum absolute atomic E-state index is 0.0254. The van der Waals surface area contributed by atoms with Crippen LogP contribution in [0.5, 0.6) is 0 Å². The van der Waals surface area contributed by atoms with Crippen LogP contribution in [0.1, 0.15) is 48.8 Å². The summed E-state index contributed by atoms with van der Waals surface area (Å²) < 4.78 is 0. The Morgan fingerprint density at radius 3 is 2.57 bits per heavy atom. The lowest BCUT2D eigenvalue weighted by molar-refractivity contribution is -0.142. The molecular weight excluding hydrogens is 442 g/mol. The van der Waals surface area contributed by atoms with Crippen LogP contribution in [0.2, 0.25) is 0 Å². The number of nitrogens with one attached hydrogen (secondary N) is 1. The third-order valence-corrected chi connectivity index (χ3v) is 6.53. The first-order valence-electron chi connectivity index (χ1n) is 12.0. The Kier molecular flexibility index (Phi) is 7.39. The SMILES string of the molecule is CCCc1cc(CN(C)C(=O)C[C@@]2(c3ccccc3)CC(=O)N(CCc3ccccn3)C2=O)[nH]n1. The molecule has 35 heavy (non-hydrogen) atoms. The van der Waals surface area contributed by atoms with Gasteiger partial charge in [0.1, 0.15) is 0 Å². The molecule has 0 saturated carbocycles. The standard InChI is InChI=1S/C27H31N5O3/c1-3-9-22-16-23(30-29-22)19-31(2)24(33)17-27(20-10-5-4-6-11-20)18-25(34)32(26(27)35)15-13-21-12-7-8-14-28-21/h4-8,10-12,14,16H,3,9,13,15,17-19H2,1-2H3,(H,29,30)/t27-/m0/s1. The summed E-state index contributed by atoms with van der Waals surface area (Å²) in [7, 11) is 1.71. The van der Waals surface area contributed by atoms with Crippen LogP contribution < -0.4 is 0 Å². The van der Waals surface area contributed by atoms with E-state index in [4.69, 9.17) is 0 Å². The summed E-state index contributed by atoms with van der Waals surface area (Å²) in [6.45, 7) is 2.68. The number of carbonyl (C=O) groups is 3. The summed E-state index contributed by atoms with van der Waals surface area (Å²) in [6.07, 6.45) is 3.92. The summed E-state index contributed by atoms with van der Waals surface area (Å²) in [5.41, 5.74) is 2.08. The number of imide groups is 1. The van der Waals surface area contributed by atoms with Gasteiger partial charge in [-0.1, -0.05) is 49.7 Å². The fourth-order valence-electron chi connectivity index (χ4n) is 4.63. The lowest BCUT2D eigenvalue weighted by Gasteiger charge is -2.29. The van der Waals surface area contributed by atoms with Crippen LogP contribution in [0.25, 0.3) is 0 Å². The van der Waals surface area contributed by atoms with Gasteiger partial charge >= 0.3 is 0 Å². The number of amides is 3. The summed E-state index contributed by atoms with van der Waals surface area (Å²) in [6, 6.07) is 16.7. The zero-order valence-electron chi connectivity index (χ0n) is 20.2. The highest BCUT2D eigenvalue weighted by Crippen LogP contribution is 2.40. The van der Waals surface area contributed by atoms with Crippen molar-refractivity contribution >= 4 is 17.7 Å². The number of aromatic nitrogens is 3. The average Bonchev–Trinajstić information content (AvgIpc) is 3.40. The molecule has 0 bridgehead atoms. The van der Waals surface area contributed by atoms with Crippen LogP contribution in [0.15, 0.2) is 60.8 Å². The van der Waals surface area contributed by atoms with Crippen molar-refractivity contribution in [1.82, 2.24) is 25.0 Å². The highest BCUT2D eigenvalue weighted by molar-refractivity contribution is 6.10. The summed E-state index contributed by atoms with van der Waals surface area (Å²) >= 11 is 0. The van der Waals surface area contributed by atoms with Gasteiger partial charge in [0.15, 0.2) is 0 Å². The Balaban J connectivity index is 1.53. The Labute approximate surface area is 205 Å². The number of nitrogens with zero attached hydrogens (tertiary/aromatic N) is 4. The van der Waals surface area contributed by atoms with Crippen molar-refractivity contribution in [2.24, 2.45) is 0 Å². The summed E-state index contributed by atoms with van der Waals surface area (Å²) in [4.78, 5) is 47.3. The van der Waals surface area contributed by atoms with Crippen LogP contribution in [0, 0.1) is 0 Å². The molecule has 1 fully saturated rings. The monoisotopic (exact) mass is 473 g/mol. The molecule has 8 heteroatoms. The average molecular weight is 474 g/mol. The summed E-state index contributed by atoms with van der Waals surface area (Å²) in [5.74, 6) is -0.783. The van der Waals surface area contributed by atoms with Crippen LogP contribution in [0.3, 0.4) is 0 Å². The topological polar surface area (TPSA) is 99.3 Å². The van der Waals surface area contributed by atoms with Crippen LogP contribution in [0.4, 0.5) is 0 Å². The number of benzene rings is 1. The molecule has 1 saturated heterocycles. The quantitative estimate of drug-likeness (QED) is 0.456. The molecule has 182 valence electrons. The Hall–Kier alpha value is -3.81. The van der Waals surface area contributed by atoms with E-state index in [-0.39, 0.29) is 37.1 Å². The van der Waals surface area contributed by atoms with E-state index in [1.165, 1.54) is 4.90 Å². The number of carbonyl (C=O) groups excluding carboxylic acids is 3. The van der Waals surface area contributed by atoms with Gasteiger partial charge in [-0.3, -0.25) is 29.4 Å². The van der Waals surface area contributed by atoms with E-state index in [2.05, 4.69) is 22.1 Å². The Morgan fingerprint density at radius 2 is 1.86 bits per heavy atom. The van der Waals surface area contributed by atoms with Crippen LogP contribution >= 0.6 is 0 Å². The van der Waals surface area contributed by atoms with Gasteiger partial charge in [0.05, 0.1) is 23.3 Å². The Morgan fingerprint density at radius 1 is 1.09 bits per heavy atom. The van der Waals surface area contributed by atoms with Gasteiger partial charge in [0, 0.05) is 44.7 Å². The van der Waals surface area contributed by atoms with Crippen molar-refractivity contribution in [2.75, 3.05) is 13.6 Å². The molecule has 1 N–H and O–H groups in total. The molecule has 1 aliphatic rings. The lowest BCUT2D eigenvalue weighted by atomic mass is 9.75. The van der Waals surface area contributed by atoms with Crippen molar-refractivity contribution in [3.05, 3.63) is 83.4 Å². The molecule has 0 aliphatic carbocycles. The second kappa shape index (κ2) is 10.6. The molecule has 0 radical (unpaired) electrons. The molecule has 0 unspecified atom stereocenters. The van der Waals surface area contributed by atoms with E-state index >= 15 is 0 Å². The van der Waals surface area contributed by atoms with Crippen molar-refractivity contribution < 1.29 is 14.4 Å². The van der Waals surface area contributed by atoms with Crippen molar-refractivity contribution in [3.63, 3.8) is 0 Å². The summed E-state index contributed by atoms with van der Waals surface area (Å²) in [5, 5.41) is 7.27. The van der Waals surface area contributed by atoms with Gasteiger partial charge in [0.2, 0.25) is 17.7 Å². The first-order chi connectivity index (χ1) is 16.9. The van der Waals surface area contributed by atoms with Gasteiger partial charge < -0.3 is 4.90 Å². The molecule has 2 aromatic heterocycles. The highest BCUT2D eigenvalue weighted by atomic mass is 16.2. The number of hydrogen-bond acceptors (Lipinski definition) is 5. The molecule has 3 amide bonds. The molecular formula is C27H31N5O3. The number of rotatable bonds is 10. The highest BCUT2D eigenvalue weighted by Gasteiger charge is 2.53. The fourth-order valence-corrected chi connectivity index (χ4v) is 4.63. The maximum absolute atomic E-state index is 13.7. The molecule has 8 nitrogen and oxygen atoms in total. The van der Waals surface area contributed by atoms with E-state index in [0.717, 1.165) is 29.9 Å². The van der Waals surface area contributed by atoms with Gasteiger partial charge in [0.25, 0.3) is 0 Å². The number of likely N-dealkylation sites (tertiary alicyclic amines) is 1. The number of aromatic amines is 1. The van der Waals surface area contributed by atoms with Crippen molar-refractivity contribution in [3.8, 4) is 0 Å². The number of aryl methyl sites for hydroxylation is 1. The van der Waals surface area contributed by atoms with Crippen LogP contribution in [-0.4, -0.2) is 56.3 Å². The minimum atomic E-state index is -1.21. The van der Waals surface area contributed by atoms with E-state index in [0.29, 0.717) is 18.5 Å². The predicted octanol–water partition coefficient (Wildman–Crippen LogP) is 3.05. The third-order valence-electron chi connectivity index (χ3n) is 6.53. The fraction of sp³-hybridized carbons (Fsp3) is 0.370. The van der Waals surface area contributed by atoms with Gasteiger partial charge in [-0.05, 0) is 30.2 Å². The molecule has 3 heterocycles. The molecule has 1 atom stereocenters. The number of pyridine rings is 1. The van der Waals surface area contributed by atoms with Crippen molar-refractivity contribution in [1.29, 1.82) is 0 Å². The largest absolute Gasteiger partial charge is 0.340 e. The van der Waals surface area contributed by atoms with Gasteiger partial charge in [-0.2, -0.15) is 5.10 Å². The van der Waals surface area contributed by atoms with E-state index in [9.17, 15) is 14.4 Å². The van der Waals surface area contributed by atoms with Crippen molar-refractivity contribution in [2.45, 2.75) is 51.0 Å². The normalized spacial score (nSPS) is 17.7. The zero-order chi connectivity index (χ0) is 24.8. The predicted molar refractivity (Wildman–Crippen MR) is 131 cm³/mol. The van der Waals surface area contributed by atoms with Gasteiger partial charge in [-0.25, -0.2) is 0 Å². The third kappa shape index (κ3) is 5.31. The second-order valence-electron chi connectivity index (χ2n) is 9.11. The smallest absolute Gasteiger partial charge is 0.240 e. The molecule has 3 aromatic rings. The molecule has 0 spiro atoms. The maximum Gasteiger partial charge on any atom is 0.240 e.